The summed E-state index contributed by atoms with van der Waals surface area (Å²) in [5, 5.41) is 0. The summed E-state index contributed by atoms with van der Waals surface area (Å²) in [6.07, 6.45) is 0. The van der Waals surface area contributed by atoms with Gasteiger partial charge >= 0.3 is 0 Å². The van der Waals surface area contributed by atoms with Gasteiger partial charge in [-0.2, -0.15) is 0 Å². The molecule has 1 aromatic rings. The van der Waals surface area contributed by atoms with Crippen molar-refractivity contribution >= 4 is 10.8 Å². The van der Waals surface area contributed by atoms with Gasteiger partial charge in [-0.25, -0.2) is 8.78 Å². The first-order chi connectivity index (χ1) is 7.00. The van der Waals surface area contributed by atoms with E-state index in [1.807, 2.05) is 6.92 Å². The third-order valence-corrected chi connectivity index (χ3v) is 4.37. The fourth-order valence-electron chi connectivity index (χ4n) is 1.80. The van der Waals surface area contributed by atoms with E-state index < -0.39 is 28.5 Å². The Hall–Kier alpha value is -0.810. The van der Waals surface area contributed by atoms with E-state index in [0.29, 0.717) is 11.3 Å². The lowest BCUT2D eigenvalue weighted by atomic mass is 9.96. The first-order valence-electron chi connectivity index (χ1n) is 4.63. The van der Waals surface area contributed by atoms with Crippen molar-refractivity contribution in [2.24, 2.45) is 11.7 Å². The van der Waals surface area contributed by atoms with E-state index in [1.54, 1.807) is 0 Å². The zero-order valence-corrected chi connectivity index (χ0v) is 8.98. The molecule has 0 bridgehead atoms. The maximum absolute atomic E-state index is 13.4. The van der Waals surface area contributed by atoms with Crippen LogP contribution in [-0.2, 0) is 10.8 Å². The van der Waals surface area contributed by atoms with Gasteiger partial charge in [-0.05, 0) is 17.5 Å². The molecule has 0 aliphatic carbocycles. The van der Waals surface area contributed by atoms with Gasteiger partial charge < -0.3 is 5.73 Å². The third-order valence-electron chi connectivity index (χ3n) is 2.65. The first kappa shape index (κ1) is 10.7. The van der Waals surface area contributed by atoms with Crippen LogP contribution in [0, 0.1) is 17.6 Å². The van der Waals surface area contributed by atoms with Gasteiger partial charge in [0.2, 0.25) is 0 Å². The van der Waals surface area contributed by atoms with Gasteiger partial charge in [-0.1, -0.05) is 6.92 Å². The minimum atomic E-state index is -1.41. The van der Waals surface area contributed by atoms with Crippen molar-refractivity contribution in [2.45, 2.75) is 17.9 Å². The summed E-state index contributed by atoms with van der Waals surface area (Å²) in [4.78, 5) is 0.0713. The number of halogens is 2. The molecule has 1 aliphatic heterocycles. The summed E-state index contributed by atoms with van der Waals surface area (Å²) in [6, 6.07) is 1.48. The van der Waals surface area contributed by atoms with Crippen molar-refractivity contribution in [1.82, 2.24) is 0 Å². The zero-order valence-electron chi connectivity index (χ0n) is 8.17. The molecule has 2 N–H and O–H groups in total. The third kappa shape index (κ3) is 1.70. The highest BCUT2D eigenvalue weighted by molar-refractivity contribution is 7.85. The summed E-state index contributed by atoms with van der Waals surface area (Å²) >= 11 is 0. The van der Waals surface area contributed by atoms with Crippen molar-refractivity contribution in [3.05, 3.63) is 29.3 Å². The normalized spacial score (nSPS) is 30.0. The molecule has 0 amide bonds. The van der Waals surface area contributed by atoms with Crippen LogP contribution in [0.4, 0.5) is 8.78 Å². The standard InChI is InChI=1S/C10H11F2NOS/c1-5-4-15(14)10-7(9(5)13)2-6(11)3-8(10)12/h2-3,5,9H,4,13H2,1H3. The monoisotopic (exact) mass is 231 g/mol. The molecule has 2 rings (SSSR count). The highest BCUT2D eigenvalue weighted by Gasteiger charge is 2.31. The smallest absolute Gasteiger partial charge is 0.142 e. The van der Waals surface area contributed by atoms with Crippen LogP contribution < -0.4 is 5.73 Å². The van der Waals surface area contributed by atoms with E-state index in [0.717, 1.165) is 6.07 Å². The maximum atomic E-state index is 13.4. The van der Waals surface area contributed by atoms with Gasteiger partial charge in [0.1, 0.15) is 11.6 Å². The lowest BCUT2D eigenvalue weighted by Gasteiger charge is -2.27. The Balaban J connectivity index is 2.65. The second kappa shape index (κ2) is 3.64. The number of rotatable bonds is 0. The Morgan fingerprint density at radius 1 is 1.47 bits per heavy atom. The van der Waals surface area contributed by atoms with Crippen LogP contribution >= 0.6 is 0 Å². The average molecular weight is 231 g/mol. The molecule has 82 valence electrons. The van der Waals surface area contributed by atoms with Crippen LogP contribution in [0.1, 0.15) is 18.5 Å². The predicted octanol–water partition coefficient (Wildman–Crippen LogP) is 1.72. The molecule has 0 spiro atoms. The largest absolute Gasteiger partial charge is 0.324 e. The van der Waals surface area contributed by atoms with Crippen molar-refractivity contribution in [3.8, 4) is 0 Å². The van der Waals surface area contributed by atoms with Crippen LogP contribution in [0.2, 0.25) is 0 Å². The molecule has 3 atom stereocenters. The van der Waals surface area contributed by atoms with E-state index in [2.05, 4.69) is 0 Å². The van der Waals surface area contributed by atoms with Gasteiger partial charge in [-0.3, -0.25) is 4.21 Å². The Kier molecular flexibility index (Phi) is 2.60. The molecule has 0 fully saturated rings. The number of hydrogen-bond acceptors (Lipinski definition) is 2. The molecule has 3 unspecified atom stereocenters. The molecule has 0 saturated heterocycles. The molecular formula is C10H11F2NOS. The molecule has 1 heterocycles. The minimum absolute atomic E-state index is 0.0282. The molecular weight excluding hydrogens is 220 g/mol. The molecule has 0 radical (unpaired) electrons. The Bertz CT molecular complexity index is 436. The Labute approximate surface area is 88.9 Å². The van der Waals surface area contributed by atoms with E-state index in [1.165, 1.54) is 6.07 Å². The summed E-state index contributed by atoms with van der Waals surface area (Å²) in [6.45, 7) is 1.83. The van der Waals surface area contributed by atoms with Gasteiger partial charge in [0.25, 0.3) is 0 Å². The summed E-state index contributed by atoms with van der Waals surface area (Å²) in [7, 11) is -1.41. The fourth-order valence-corrected chi connectivity index (χ4v) is 3.39. The van der Waals surface area contributed by atoms with E-state index >= 15 is 0 Å². The SMILES string of the molecule is CC1CS(=O)c2c(F)cc(F)cc2C1N. The van der Waals surface area contributed by atoms with E-state index in [9.17, 15) is 13.0 Å². The van der Waals surface area contributed by atoms with E-state index in [4.69, 9.17) is 5.73 Å². The minimum Gasteiger partial charge on any atom is -0.324 e. The molecule has 0 saturated carbocycles. The first-order valence-corrected chi connectivity index (χ1v) is 5.95. The number of benzene rings is 1. The van der Waals surface area contributed by atoms with E-state index in [-0.39, 0.29) is 10.8 Å². The molecule has 5 heteroatoms. The van der Waals surface area contributed by atoms with Crippen LogP contribution in [0.15, 0.2) is 17.0 Å². The van der Waals surface area contributed by atoms with Crippen LogP contribution in [0.25, 0.3) is 0 Å². The molecule has 1 aliphatic rings. The summed E-state index contributed by atoms with van der Waals surface area (Å²) < 4.78 is 38.0. The van der Waals surface area contributed by atoms with Crippen molar-refractivity contribution in [3.63, 3.8) is 0 Å². The fraction of sp³-hybridized carbons (Fsp3) is 0.400. The van der Waals surface area contributed by atoms with Gasteiger partial charge in [0, 0.05) is 17.9 Å². The quantitative estimate of drug-likeness (QED) is 0.738. The van der Waals surface area contributed by atoms with Crippen molar-refractivity contribution < 1.29 is 13.0 Å². The maximum Gasteiger partial charge on any atom is 0.142 e. The lowest BCUT2D eigenvalue weighted by Crippen LogP contribution is -2.30. The highest BCUT2D eigenvalue weighted by Crippen LogP contribution is 2.34. The summed E-state index contributed by atoms with van der Waals surface area (Å²) in [5.41, 5.74) is 6.16. The average Bonchev–Trinajstić information content (AvgIpc) is 2.12. The van der Waals surface area contributed by atoms with Crippen molar-refractivity contribution in [2.75, 3.05) is 5.75 Å². The number of fused-ring (bicyclic) bond motifs is 1. The number of nitrogens with two attached hydrogens (primary N) is 1. The van der Waals surface area contributed by atoms with Crippen LogP contribution in [0.5, 0.6) is 0 Å². The molecule has 15 heavy (non-hydrogen) atoms. The Morgan fingerprint density at radius 3 is 2.80 bits per heavy atom. The second-order valence-electron chi connectivity index (χ2n) is 3.82. The lowest BCUT2D eigenvalue weighted by molar-refractivity contribution is 0.473. The van der Waals surface area contributed by atoms with Crippen LogP contribution in [0.3, 0.4) is 0 Å². The highest BCUT2D eigenvalue weighted by atomic mass is 32.2. The topological polar surface area (TPSA) is 43.1 Å². The molecule has 2 nitrogen and oxygen atoms in total. The van der Waals surface area contributed by atoms with Gasteiger partial charge in [0.15, 0.2) is 0 Å². The Morgan fingerprint density at radius 2 is 2.13 bits per heavy atom. The predicted molar refractivity (Wildman–Crippen MR) is 53.7 cm³/mol. The molecule has 1 aromatic carbocycles. The van der Waals surface area contributed by atoms with Crippen LogP contribution in [-0.4, -0.2) is 9.96 Å². The number of hydrogen-bond donors (Lipinski definition) is 1. The zero-order chi connectivity index (χ0) is 11.2. The summed E-state index contributed by atoms with van der Waals surface area (Å²) in [5.74, 6) is -1.13. The van der Waals surface area contributed by atoms with Gasteiger partial charge in [0.05, 0.1) is 15.7 Å². The second-order valence-corrected chi connectivity index (χ2v) is 5.25. The van der Waals surface area contributed by atoms with Gasteiger partial charge in [-0.15, -0.1) is 0 Å². The molecule has 0 aromatic heterocycles. The van der Waals surface area contributed by atoms with Crippen molar-refractivity contribution in [1.29, 1.82) is 0 Å².